The Bertz CT molecular complexity index is 1110. The number of rotatable bonds is 6. The number of hydrogen-bond acceptors (Lipinski definition) is 4. The molecule has 0 amide bonds. The average molecular weight is 460 g/mol. The van der Waals surface area contributed by atoms with E-state index in [-0.39, 0.29) is 28.0 Å². The van der Waals surface area contributed by atoms with Gasteiger partial charge in [-0.3, -0.25) is 9.36 Å². The van der Waals surface area contributed by atoms with Gasteiger partial charge >= 0.3 is 6.18 Å². The second-order valence-electron chi connectivity index (χ2n) is 6.85. The second kappa shape index (κ2) is 8.83. The molecule has 11 heteroatoms. The highest BCUT2D eigenvalue weighted by molar-refractivity contribution is 7.13. The van der Waals surface area contributed by atoms with Crippen LogP contribution in [0.3, 0.4) is 0 Å². The van der Waals surface area contributed by atoms with Crippen molar-refractivity contribution in [3.05, 3.63) is 67.7 Å². The molecule has 0 aliphatic heterocycles. The molecule has 5 nitrogen and oxygen atoms in total. The molecule has 2 heterocycles. The third-order valence-electron chi connectivity index (χ3n) is 3.99. The molecule has 0 fully saturated rings. The predicted molar refractivity (Wildman–Crippen MR) is 108 cm³/mol. The van der Waals surface area contributed by atoms with Crippen molar-refractivity contribution in [3.8, 4) is 16.4 Å². The maximum atomic E-state index is 14.5. The van der Waals surface area contributed by atoms with E-state index in [1.165, 1.54) is 12.1 Å². The van der Waals surface area contributed by atoms with Gasteiger partial charge in [0.15, 0.2) is 5.69 Å². The maximum Gasteiger partial charge on any atom is 0.434 e. The molecule has 3 rings (SSSR count). The molecule has 0 saturated carbocycles. The molecule has 0 atom stereocenters. The van der Waals surface area contributed by atoms with E-state index in [2.05, 4.69) is 15.3 Å². The van der Waals surface area contributed by atoms with Gasteiger partial charge < -0.3 is 5.32 Å². The van der Waals surface area contributed by atoms with E-state index in [0.717, 1.165) is 22.3 Å². The average Bonchev–Trinajstić information content (AvgIpc) is 3.15. The highest BCUT2D eigenvalue weighted by atomic mass is 35.5. The molecule has 0 aliphatic carbocycles. The summed E-state index contributed by atoms with van der Waals surface area (Å²) in [5, 5.41) is 5.14. The van der Waals surface area contributed by atoms with Crippen LogP contribution in [0.15, 0.2) is 34.7 Å². The van der Waals surface area contributed by atoms with Gasteiger partial charge in [0, 0.05) is 11.4 Å². The van der Waals surface area contributed by atoms with Gasteiger partial charge in [0.2, 0.25) is 0 Å². The Balaban J connectivity index is 1.95. The molecule has 0 bridgehead atoms. The number of benzene rings is 1. The molecular weight excluding hydrogens is 444 g/mol. The zero-order chi connectivity index (χ0) is 22.1. The quantitative estimate of drug-likeness (QED) is 0.444. The number of halogens is 5. The van der Waals surface area contributed by atoms with E-state index < -0.39 is 23.2 Å². The van der Waals surface area contributed by atoms with Gasteiger partial charge in [-0.1, -0.05) is 37.4 Å². The Morgan fingerprint density at radius 3 is 2.63 bits per heavy atom. The molecule has 0 radical (unpaired) electrons. The summed E-state index contributed by atoms with van der Waals surface area (Å²) < 4.78 is 53.6. The first kappa shape index (κ1) is 22.4. The summed E-state index contributed by atoms with van der Waals surface area (Å²) in [5.74, 6) is -0.385. The highest BCUT2D eigenvalue weighted by Gasteiger charge is 2.34. The normalized spacial score (nSPS) is 12.0. The van der Waals surface area contributed by atoms with Gasteiger partial charge in [-0.2, -0.15) is 13.2 Å². The fraction of sp³-hybridized carbons (Fsp3) is 0.316. The SMILES string of the molecule is CC(C)C[N-]Cc1ccc(F)c(-n2cnc(-c3nc(C(F)(F)F)cs3)cc2=O)c1Cl. The van der Waals surface area contributed by atoms with Crippen LogP contribution in [0.4, 0.5) is 17.6 Å². The van der Waals surface area contributed by atoms with Gasteiger partial charge in [0.25, 0.3) is 5.56 Å². The van der Waals surface area contributed by atoms with Gasteiger partial charge in [0.1, 0.15) is 28.5 Å². The Labute approximate surface area is 178 Å². The van der Waals surface area contributed by atoms with Crippen molar-refractivity contribution < 1.29 is 17.6 Å². The summed E-state index contributed by atoms with van der Waals surface area (Å²) in [4.78, 5) is 20.0. The van der Waals surface area contributed by atoms with Crippen molar-refractivity contribution in [2.75, 3.05) is 6.54 Å². The molecule has 0 saturated heterocycles. The van der Waals surface area contributed by atoms with Crippen molar-refractivity contribution in [3.63, 3.8) is 0 Å². The van der Waals surface area contributed by atoms with Crippen LogP contribution in [0, 0.1) is 11.7 Å². The number of hydrogen-bond donors (Lipinski definition) is 0. The maximum absolute atomic E-state index is 14.5. The van der Waals surface area contributed by atoms with E-state index in [1.54, 1.807) is 0 Å². The number of thiazole rings is 1. The van der Waals surface area contributed by atoms with E-state index in [1.807, 2.05) is 13.8 Å². The molecule has 160 valence electrons. The Kier molecular flexibility index (Phi) is 6.59. The highest BCUT2D eigenvalue weighted by Crippen LogP contribution is 2.33. The molecule has 0 unspecified atom stereocenters. The second-order valence-corrected chi connectivity index (χ2v) is 8.08. The number of alkyl halides is 3. The first-order valence-electron chi connectivity index (χ1n) is 8.80. The molecule has 30 heavy (non-hydrogen) atoms. The summed E-state index contributed by atoms with van der Waals surface area (Å²) in [5.41, 5.74) is -1.47. The largest absolute Gasteiger partial charge is 0.658 e. The van der Waals surface area contributed by atoms with Crippen LogP contribution in [0.25, 0.3) is 21.7 Å². The van der Waals surface area contributed by atoms with Gasteiger partial charge in [-0.25, -0.2) is 14.4 Å². The van der Waals surface area contributed by atoms with Gasteiger partial charge in [-0.05, 0) is 11.6 Å². The smallest absolute Gasteiger partial charge is 0.434 e. The lowest BCUT2D eigenvalue weighted by molar-refractivity contribution is -0.140. The van der Waals surface area contributed by atoms with E-state index in [9.17, 15) is 22.4 Å². The molecule has 0 N–H and O–H groups in total. The van der Waals surface area contributed by atoms with Crippen LogP contribution in [-0.4, -0.2) is 21.1 Å². The van der Waals surface area contributed by atoms with Crippen LogP contribution in [0.1, 0.15) is 25.1 Å². The van der Waals surface area contributed by atoms with E-state index >= 15 is 0 Å². The summed E-state index contributed by atoms with van der Waals surface area (Å²) in [6.45, 7) is 4.87. The molecule has 2 aromatic heterocycles. The Morgan fingerprint density at radius 2 is 2.03 bits per heavy atom. The Hall–Kier alpha value is -2.30. The minimum absolute atomic E-state index is 0.0211. The first-order valence-corrected chi connectivity index (χ1v) is 10.1. The molecule has 0 spiro atoms. The molecule has 3 aromatic rings. The van der Waals surface area contributed by atoms with E-state index in [4.69, 9.17) is 11.6 Å². The lowest BCUT2D eigenvalue weighted by Gasteiger charge is -2.23. The van der Waals surface area contributed by atoms with Crippen LogP contribution in [0.2, 0.25) is 5.02 Å². The standard InChI is InChI=1S/C19H16ClF4N4OS/c1-10(2)6-25-7-11-3-4-12(21)17(16(11)20)28-9-26-13(5-15(28)29)18-27-14(8-30-18)19(22,23)24/h3-5,8-10H,6-7H2,1-2H3/q-1. The summed E-state index contributed by atoms with van der Waals surface area (Å²) in [6.07, 6.45) is -3.58. The predicted octanol–water partition coefficient (Wildman–Crippen LogP) is 5.70. The van der Waals surface area contributed by atoms with Crippen LogP contribution < -0.4 is 5.56 Å². The Morgan fingerprint density at radius 1 is 1.30 bits per heavy atom. The van der Waals surface area contributed by atoms with Crippen molar-refractivity contribution in [2.45, 2.75) is 26.6 Å². The van der Waals surface area contributed by atoms with Crippen LogP contribution in [-0.2, 0) is 12.7 Å². The minimum Gasteiger partial charge on any atom is -0.658 e. The van der Waals surface area contributed by atoms with Crippen LogP contribution >= 0.6 is 22.9 Å². The molecule has 0 aliphatic rings. The lowest BCUT2D eigenvalue weighted by Crippen LogP contribution is -2.20. The van der Waals surface area contributed by atoms with Crippen molar-refractivity contribution >= 4 is 22.9 Å². The monoisotopic (exact) mass is 459 g/mol. The fourth-order valence-electron chi connectivity index (χ4n) is 2.58. The first-order chi connectivity index (χ1) is 14.1. The molecule has 1 aromatic carbocycles. The van der Waals surface area contributed by atoms with Gasteiger partial charge in [0.05, 0.1) is 5.02 Å². The molecular formula is C19H16ClF4N4OS-. The lowest BCUT2D eigenvalue weighted by atomic mass is 10.1. The summed E-state index contributed by atoms with van der Waals surface area (Å²) in [6, 6.07) is 3.66. The van der Waals surface area contributed by atoms with Crippen molar-refractivity contribution in [1.82, 2.24) is 14.5 Å². The number of nitrogens with zero attached hydrogens (tertiary/aromatic N) is 4. The number of aromatic nitrogens is 3. The third-order valence-corrected chi connectivity index (χ3v) is 5.27. The van der Waals surface area contributed by atoms with Crippen molar-refractivity contribution in [2.24, 2.45) is 5.92 Å². The topological polar surface area (TPSA) is 61.9 Å². The summed E-state index contributed by atoms with van der Waals surface area (Å²) in [7, 11) is 0. The van der Waals surface area contributed by atoms with Gasteiger partial charge in [-0.15, -0.1) is 24.4 Å². The summed E-state index contributed by atoms with van der Waals surface area (Å²) >= 11 is 7.03. The van der Waals surface area contributed by atoms with Crippen molar-refractivity contribution in [1.29, 1.82) is 0 Å². The van der Waals surface area contributed by atoms with Crippen LogP contribution in [0.5, 0.6) is 0 Å². The van der Waals surface area contributed by atoms with E-state index in [0.29, 0.717) is 29.4 Å². The minimum atomic E-state index is -4.60. The fourth-order valence-corrected chi connectivity index (χ4v) is 3.67. The zero-order valence-corrected chi connectivity index (χ0v) is 17.4. The third kappa shape index (κ3) is 4.88. The zero-order valence-electron chi connectivity index (χ0n) is 15.9.